The van der Waals surface area contributed by atoms with E-state index in [-0.39, 0.29) is 5.75 Å². The molecule has 2 N–H and O–H groups in total. The zero-order valence-corrected chi connectivity index (χ0v) is 13.2. The van der Waals surface area contributed by atoms with Gasteiger partial charge in [-0.1, -0.05) is 13.3 Å². The predicted molar refractivity (Wildman–Crippen MR) is 84.9 cm³/mol. The molecule has 0 bridgehead atoms. The number of phenolic OH excluding ortho intramolecular Hbond substituents is 1. The quantitative estimate of drug-likeness (QED) is 0.566. The van der Waals surface area contributed by atoms with Crippen molar-refractivity contribution in [3.63, 3.8) is 0 Å². The van der Waals surface area contributed by atoms with E-state index < -0.39 is 11.8 Å². The van der Waals surface area contributed by atoms with E-state index in [4.69, 9.17) is 4.74 Å². The molecule has 0 unspecified atom stereocenters. The number of rotatable bonds is 8. The van der Waals surface area contributed by atoms with Crippen molar-refractivity contribution in [3.05, 3.63) is 24.3 Å². The molecule has 1 aromatic rings. The van der Waals surface area contributed by atoms with Crippen LogP contribution in [0, 0.1) is 0 Å². The number of carbonyl (C=O) groups is 2. The van der Waals surface area contributed by atoms with Crippen LogP contribution in [-0.2, 0) is 14.3 Å². The normalized spacial score (nSPS) is 10.3. The second-order valence-electron chi connectivity index (χ2n) is 4.96. The highest BCUT2D eigenvalue weighted by molar-refractivity contribution is 6.40. The topological polar surface area (TPSA) is 78.9 Å². The van der Waals surface area contributed by atoms with Crippen molar-refractivity contribution in [1.29, 1.82) is 0 Å². The van der Waals surface area contributed by atoms with E-state index in [1.54, 1.807) is 12.1 Å². The number of likely N-dealkylation sites (N-methyl/N-ethyl adjacent to an activating group) is 1. The molecular weight excluding hydrogens is 284 g/mol. The van der Waals surface area contributed by atoms with Crippen LogP contribution in [0.4, 0.5) is 5.69 Å². The lowest BCUT2D eigenvalue weighted by atomic mass is 10.2. The monoisotopic (exact) mass is 308 g/mol. The highest BCUT2D eigenvalue weighted by Crippen LogP contribution is 2.17. The molecule has 0 radical (unpaired) electrons. The highest BCUT2D eigenvalue weighted by Gasteiger charge is 2.19. The summed E-state index contributed by atoms with van der Waals surface area (Å²) in [5, 5.41) is 11.8. The van der Waals surface area contributed by atoms with E-state index in [0.717, 1.165) is 19.4 Å². The van der Waals surface area contributed by atoms with Crippen molar-refractivity contribution in [2.45, 2.75) is 26.2 Å². The summed E-state index contributed by atoms with van der Waals surface area (Å²) < 4.78 is 5.37. The summed E-state index contributed by atoms with van der Waals surface area (Å²) in [5.41, 5.74) is 0.542. The number of nitrogens with zero attached hydrogens (tertiary/aromatic N) is 1. The zero-order chi connectivity index (χ0) is 16.4. The standard InChI is InChI=1S/C16H24N2O4/c1-3-4-11-22-12-5-10-17-15(20)16(21)18(2)13-6-8-14(19)9-7-13/h6-9,19H,3-5,10-12H2,1-2H3,(H,17,20). The Morgan fingerprint density at radius 1 is 1.18 bits per heavy atom. The second-order valence-corrected chi connectivity index (χ2v) is 4.96. The fourth-order valence-corrected chi connectivity index (χ4v) is 1.75. The first-order valence-electron chi connectivity index (χ1n) is 7.49. The zero-order valence-electron chi connectivity index (χ0n) is 13.2. The molecule has 6 nitrogen and oxygen atoms in total. The number of aromatic hydroxyl groups is 1. The van der Waals surface area contributed by atoms with Gasteiger partial charge in [0.15, 0.2) is 0 Å². The van der Waals surface area contributed by atoms with E-state index in [1.807, 2.05) is 0 Å². The fourth-order valence-electron chi connectivity index (χ4n) is 1.75. The largest absolute Gasteiger partial charge is 0.508 e. The molecule has 1 aromatic carbocycles. The number of hydrogen-bond donors (Lipinski definition) is 2. The lowest BCUT2D eigenvalue weighted by molar-refractivity contribution is -0.137. The van der Waals surface area contributed by atoms with Crippen molar-refractivity contribution in [3.8, 4) is 5.75 Å². The van der Waals surface area contributed by atoms with Gasteiger partial charge in [-0.2, -0.15) is 0 Å². The van der Waals surface area contributed by atoms with Gasteiger partial charge >= 0.3 is 11.8 Å². The number of phenols is 1. The minimum absolute atomic E-state index is 0.108. The average Bonchev–Trinajstić information content (AvgIpc) is 2.53. The summed E-state index contributed by atoms with van der Waals surface area (Å²) in [7, 11) is 1.52. The third kappa shape index (κ3) is 6.13. The summed E-state index contributed by atoms with van der Waals surface area (Å²) in [6, 6.07) is 6.07. The van der Waals surface area contributed by atoms with Gasteiger partial charge in [0.05, 0.1) is 0 Å². The molecule has 0 aliphatic rings. The summed E-state index contributed by atoms with van der Waals surface area (Å²) >= 11 is 0. The maximum absolute atomic E-state index is 12.0. The number of unbranched alkanes of at least 4 members (excludes halogenated alkanes) is 1. The molecule has 0 fully saturated rings. The molecule has 0 heterocycles. The minimum Gasteiger partial charge on any atom is -0.508 e. The van der Waals surface area contributed by atoms with E-state index >= 15 is 0 Å². The van der Waals surface area contributed by atoms with Crippen LogP contribution in [0.1, 0.15) is 26.2 Å². The summed E-state index contributed by atoms with van der Waals surface area (Å²) in [5.74, 6) is -1.18. The van der Waals surface area contributed by atoms with Gasteiger partial charge in [0.25, 0.3) is 0 Å². The molecule has 0 aliphatic heterocycles. The molecule has 122 valence electrons. The number of amides is 2. The van der Waals surface area contributed by atoms with Crippen LogP contribution in [0.15, 0.2) is 24.3 Å². The Morgan fingerprint density at radius 2 is 1.82 bits per heavy atom. The van der Waals surface area contributed by atoms with Gasteiger partial charge in [-0.25, -0.2) is 0 Å². The van der Waals surface area contributed by atoms with Crippen molar-refractivity contribution in [1.82, 2.24) is 5.32 Å². The van der Waals surface area contributed by atoms with Crippen molar-refractivity contribution < 1.29 is 19.4 Å². The van der Waals surface area contributed by atoms with E-state index in [9.17, 15) is 14.7 Å². The van der Waals surface area contributed by atoms with Gasteiger partial charge in [0.2, 0.25) is 0 Å². The molecule has 0 aliphatic carbocycles. The number of benzene rings is 1. The highest BCUT2D eigenvalue weighted by atomic mass is 16.5. The number of carbonyl (C=O) groups excluding carboxylic acids is 2. The average molecular weight is 308 g/mol. The third-order valence-corrected chi connectivity index (χ3v) is 3.13. The predicted octanol–water partition coefficient (Wildman–Crippen LogP) is 1.68. The molecule has 22 heavy (non-hydrogen) atoms. The van der Waals surface area contributed by atoms with Gasteiger partial charge in [0.1, 0.15) is 5.75 Å². The first kappa shape index (κ1) is 18.0. The van der Waals surface area contributed by atoms with Crippen LogP contribution in [0.3, 0.4) is 0 Å². The van der Waals surface area contributed by atoms with Gasteiger partial charge in [0, 0.05) is 32.5 Å². The van der Waals surface area contributed by atoms with Crippen LogP contribution >= 0.6 is 0 Å². The molecule has 2 amide bonds. The molecule has 0 spiro atoms. The number of hydrogen-bond acceptors (Lipinski definition) is 4. The Hall–Kier alpha value is -2.08. The van der Waals surface area contributed by atoms with Gasteiger partial charge < -0.3 is 20.1 Å². The SMILES string of the molecule is CCCCOCCCNC(=O)C(=O)N(C)c1ccc(O)cc1. The van der Waals surface area contributed by atoms with Gasteiger partial charge in [-0.3, -0.25) is 9.59 Å². The number of nitrogens with one attached hydrogen (secondary N) is 1. The minimum atomic E-state index is -0.649. The lowest BCUT2D eigenvalue weighted by Crippen LogP contribution is -2.41. The van der Waals surface area contributed by atoms with Crippen molar-refractivity contribution in [2.24, 2.45) is 0 Å². The van der Waals surface area contributed by atoms with Crippen LogP contribution in [0.5, 0.6) is 5.75 Å². The van der Waals surface area contributed by atoms with Crippen molar-refractivity contribution >= 4 is 17.5 Å². The van der Waals surface area contributed by atoms with Crippen molar-refractivity contribution in [2.75, 3.05) is 31.7 Å². The first-order chi connectivity index (χ1) is 10.6. The Labute approximate surface area is 131 Å². The third-order valence-electron chi connectivity index (χ3n) is 3.13. The Balaban J connectivity index is 2.29. The molecule has 0 atom stereocenters. The molecule has 0 aromatic heterocycles. The fraction of sp³-hybridized carbons (Fsp3) is 0.500. The Bertz CT molecular complexity index is 474. The first-order valence-corrected chi connectivity index (χ1v) is 7.49. The van der Waals surface area contributed by atoms with E-state index in [0.29, 0.717) is 25.3 Å². The number of anilines is 1. The molecule has 0 saturated heterocycles. The van der Waals surface area contributed by atoms with E-state index in [1.165, 1.54) is 24.1 Å². The van der Waals surface area contributed by atoms with Crippen LogP contribution in [0.25, 0.3) is 0 Å². The smallest absolute Gasteiger partial charge is 0.316 e. The number of ether oxygens (including phenoxy) is 1. The molecule has 1 rings (SSSR count). The van der Waals surface area contributed by atoms with Crippen LogP contribution in [0.2, 0.25) is 0 Å². The van der Waals surface area contributed by atoms with Crippen LogP contribution in [-0.4, -0.2) is 43.7 Å². The molecule has 6 heteroatoms. The molecule has 0 saturated carbocycles. The van der Waals surface area contributed by atoms with E-state index in [2.05, 4.69) is 12.2 Å². The second kappa shape index (κ2) is 9.78. The summed E-state index contributed by atoms with van der Waals surface area (Å²) in [4.78, 5) is 25.0. The van der Waals surface area contributed by atoms with Gasteiger partial charge in [-0.15, -0.1) is 0 Å². The lowest BCUT2D eigenvalue weighted by Gasteiger charge is -2.16. The molecular formula is C16H24N2O4. The summed E-state index contributed by atoms with van der Waals surface area (Å²) in [6.07, 6.45) is 2.79. The Morgan fingerprint density at radius 3 is 2.45 bits per heavy atom. The Kier molecular flexibility index (Phi) is 7.99. The summed E-state index contributed by atoms with van der Waals surface area (Å²) in [6.45, 7) is 3.80. The van der Waals surface area contributed by atoms with Gasteiger partial charge in [-0.05, 0) is 37.1 Å². The maximum atomic E-state index is 12.0. The maximum Gasteiger partial charge on any atom is 0.316 e. The van der Waals surface area contributed by atoms with Crippen LogP contribution < -0.4 is 10.2 Å².